The SMILES string of the molecule is CC[N+]1(C2(C(=O)Nc3c(C)cc(OC)cc3C)CC2)CCCCCC1. The van der Waals surface area contributed by atoms with Gasteiger partial charge in [-0.25, -0.2) is 0 Å². The lowest BCUT2D eigenvalue weighted by molar-refractivity contribution is -0.950. The Morgan fingerprint density at radius 3 is 2.12 bits per heavy atom. The summed E-state index contributed by atoms with van der Waals surface area (Å²) in [7, 11) is 1.68. The van der Waals surface area contributed by atoms with Gasteiger partial charge in [-0.1, -0.05) is 0 Å². The molecular weight excluding hydrogens is 312 g/mol. The van der Waals surface area contributed by atoms with Crippen LogP contribution in [-0.2, 0) is 4.79 Å². The molecule has 3 rings (SSSR count). The highest BCUT2D eigenvalue weighted by atomic mass is 16.5. The van der Waals surface area contributed by atoms with Gasteiger partial charge in [-0.3, -0.25) is 4.79 Å². The quantitative estimate of drug-likeness (QED) is 0.813. The van der Waals surface area contributed by atoms with Crippen molar-refractivity contribution in [3.8, 4) is 5.75 Å². The van der Waals surface area contributed by atoms with Crippen molar-refractivity contribution in [3.05, 3.63) is 23.3 Å². The van der Waals surface area contributed by atoms with Crippen LogP contribution < -0.4 is 10.1 Å². The number of amides is 1. The third-order valence-electron chi connectivity index (χ3n) is 6.56. The fraction of sp³-hybridized carbons (Fsp3) is 0.667. The number of quaternary nitrogens is 1. The van der Waals surface area contributed by atoms with Gasteiger partial charge >= 0.3 is 0 Å². The molecule has 1 aliphatic carbocycles. The lowest BCUT2D eigenvalue weighted by Crippen LogP contribution is -2.62. The van der Waals surface area contributed by atoms with Gasteiger partial charge in [0.05, 0.1) is 26.7 Å². The summed E-state index contributed by atoms with van der Waals surface area (Å²) in [5.74, 6) is 1.08. The van der Waals surface area contributed by atoms with Gasteiger partial charge in [0, 0.05) is 18.5 Å². The Bertz CT molecular complexity index is 618. The fourth-order valence-corrected chi connectivity index (χ4v) is 4.85. The van der Waals surface area contributed by atoms with Crippen molar-refractivity contribution in [2.45, 2.75) is 64.8 Å². The summed E-state index contributed by atoms with van der Waals surface area (Å²) in [6.45, 7) is 9.73. The van der Waals surface area contributed by atoms with Crippen molar-refractivity contribution in [3.63, 3.8) is 0 Å². The number of anilines is 1. The van der Waals surface area contributed by atoms with Crippen LogP contribution in [0.2, 0.25) is 0 Å². The zero-order chi connectivity index (χ0) is 18.1. The number of nitrogens with one attached hydrogen (secondary N) is 1. The predicted octanol–water partition coefficient (Wildman–Crippen LogP) is 4.19. The normalized spacial score (nSPS) is 21.3. The molecule has 138 valence electrons. The molecule has 0 spiro atoms. The second kappa shape index (κ2) is 6.99. The van der Waals surface area contributed by atoms with Gasteiger partial charge < -0.3 is 14.5 Å². The van der Waals surface area contributed by atoms with E-state index < -0.39 is 0 Å². The average molecular weight is 346 g/mol. The largest absolute Gasteiger partial charge is 0.497 e. The highest BCUT2D eigenvalue weighted by Gasteiger charge is 2.64. The van der Waals surface area contributed by atoms with Gasteiger partial charge in [-0.15, -0.1) is 0 Å². The Balaban J connectivity index is 1.85. The molecule has 1 aliphatic heterocycles. The highest BCUT2D eigenvalue weighted by molar-refractivity contribution is 6.00. The number of carbonyl (C=O) groups is 1. The number of likely N-dealkylation sites (tertiary alicyclic amines) is 1. The van der Waals surface area contributed by atoms with E-state index in [0.717, 1.165) is 59.5 Å². The summed E-state index contributed by atoms with van der Waals surface area (Å²) in [6.07, 6.45) is 7.19. The molecule has 0 aromatic heterocycles. The maximum absolute atomic E-state index is 13.4. The fourth-order valence-electron chi connectivity index (χ4n) is 4.85. The Labute approximate surface area is 152 Å². The molecule has 1 heterocycles. The smallest absolute Gasteiger partial charge is 0.285 e. The molecule has 1 N–H and O–H groups in total. The number of methoxy groups -OCH3 is 1. The van der Waals surface area contributed by atoms with Crippen LogP contribution in [0.1, 0.15) is 56.6 Å². The lowest BCUT2D eigenvalue weighted by Gasteiger charge is -2.43. The van der Waals surface area contributed by atoms with Gasteiger partial charge in [0.1, 0.15) is 5.75 Å². The number of carbonyl (C=O) groups excluding carboxylic acids is 1. The van der Waals surface area contributed by atoms with Crippen molar-refractivity contribution in [2.24, 2.45) is 0 Å². The Morgan fingerprint density at radius 1 is 1.12 bits per heavy atom. The molecule has 25 heavy (non-hydrogen) atoms. The summed E-state index contributed by atoms with van der Waals surface area (Å²) in [4.78, 5) is 13.4. The summed E-state index contributed by atoms with van der Waals surface area (Å²) < 4.78 is 6.34. The zero-order valence-corrected chi connectivity index (χ0v) is 16.3. The number of rotatable bonds is 5. The molecule has 2 fully saturated rings. The molecule has 0 unspecified atom stereocenters. The van der Waals surface area contributed by atoms with E-state index in [1.807, 2.05) is 26.0 Å². The molecule has 1 saturated heterocycles. The number of ether oxygens (including phenoxy) is 1. The Morgan fingerprint density at radius 2 is 1.68 bits per heavy atom. The van der Waals surface area contributed by atoms with E-state index >= 15 is 0 Å². The van der Waals surface area contributed by atoms with E-state index in [1.165, 1.54) is 25.7 Å². The van der Waals surface area contributed by atoms with Crippen LogP contribution in [0, 0.1) is 13.8 Å². The van der Waals surface area contributed by atoms with Crippen LogP contribution >= 0.6 is 0 Å². The van der Waals surface area contributed by atoms with E-state index in [0.29, 0.717) is 0 Å². The van der Waals surface area contributed by atoms with Crippen molar-refractivity contribution in [1.29, 1.82) is 0 Å². The maximum atomic E-state index is 13.4. The lowest BCUT2D eigenvalue weighted by atomic mass is 10.0. The minimum atomic E-state index is -0.197. The topological polar surface area (TPSA) is 38.3 Å². The standard InChI is InChI=1S/C21H32N2O2/c1-5-23(12-8-6-7-9-13-23)21(10-11-21)20(24)22-19-16(2)14-18(25-4)15-17(19)3/h14-15H,5-13H2,1-4H3/p+1. The summed E-state index contributed by atoms with van der Waals surface area (Å²) >= 11 is 0. The van der Waals surface area contributed by atoms with Crippen LogP contribution in [0.15, 0.2) is 12.1 Å². The van der Waals surface area contributed by atoms with E-state index in [1.54, 1.807) is 7.11 Å². The molecule has 4 nitrogen and oxygen atoms in total. The summed E-state index contributed by atoms with van der Waals surface area (Å²) in [5.41, 5.74) is 2.90. The number of hydrogen-bond donors (Lipinski definition) is 1. The second-order valence-electron chi connectivity index (χ2n) is 7.94. The van der Waals surface area contributed by atoms with Crippen LogP contribution in [0.3, 0.4) is 0 Å². The third kappa shape index (κ3) is 3.17. The first-order valence-electron chi connectivity index (χ1n) is 9.81. The van der Waals surface area contributed by atoms with Crippen LogP contribution in [0.5, 0.6) is 5.75 Å². The van der Waals surface area contributed by atoms with E-state index in [-0.39, 0.29) is 11.4 Å². The van der Waals surface area contributed by atoms with Crippen LogP contribution in [-0.4, -0.2) is 42.7 Å². The number of likely N-dealkylation sites (N-methyl/N-ethyl adjacent to an activating group) is 1. The number of benzene rings is 1. The first-order chi connectivity index (χ1) is 12.0. The molecule has 2 aliphatic rings. The molecule has 1 aromatic carbocycles. The van der Waals surface area contributed by atoms with Gasteiger partial charge in [-0.05, 0) is 69.7 Å². The molecule has 1 amide bonds. The van der Waals surface area contributed by atoms with Crippen molar-refractivity contribution in [2.75, 3.05) is 32.1 Å². The Hall–Kier alpha value is -1.55. The van der Waals surface area contributed by atoms with Gasteiger partial charge in [0.25, 0.3) is 5.91 Å². The predicted molar refractivity (Wildman–Crippen MR) is 102 cm³/mol. The molecule has 4 heteroatoms. The minimum Gasteiger partial charge on any atom is -0.497 e. The first kappa shape index (κ1) is 18.2. The van der Waals surface area contributed by atoms with E-state index in [4.69, 9.17) is 4.74 Å². The number of nitrogens with zero attached hydrogens (tertiary/aromatic N) is 1. The van der Waals surface area contributed by atoms with Gasteiger partial charge in [-0.2, -0.15) is 0 Å². The van der Waals surface area contributed by atoms with Crippen LogP contribution in [0.4, 0.5) is 5.69 Å². The molecule has 1 saturated carbocycles. The second-order valence-corrected chi connectivity index (χ2v) is 7.94. The number of hydrogen-bond acceptors (Lipinski definition) is 2. The van der Waals surface area contributed by atoms with Crippen molar-refractivity contribution in [1.82, 2.24) is 0 Å². The van der Waals surface area contributed by atoms with Crippen molar-refractivity contribution < 1.29 is 14.0 Å². The zero-order valence-electron chi connectivity index (χ0n) is 16.3. The van der Waals surface area contributed by atoms with E-state index in [9.17, 15) is 4.79 Å². The molecule has 1 aromatic rings. The summed E-state index contributed by atoms with van der Waals surface area (Å²) in [6, 6.07) is 4.00. The molecule has 0 bridgehead atoms. The maximum Gasteiger partial charge on any atom is 0.285 e. The van der Waals surface area contributed by atoms with Gasteiger partial charge in [0.2, 0.25) is 0 Å². The highest BCUT2D eigenvalue weighted by Crippen LogP contribution is 2.49. The molecule has 0 radical (unpaired) electrons. The van der Waals surface area contributed by atoms with Crippen LogP contribution in [0.25, 0.3) is 0 Å². The average Bonchev–Trinajstić information content (AvgIpc) is 3.42. The minimum absolute atomic E-state index is 0.197. The Kier molecular flexibility index (Phi) is 5.10. The summed E-state index contributed by atoms with van der Waals surface area (Å²) in [5, 5.41) is 3.30. The molecular formula is C21H33N2O2+. The molecule has 0 atom stereocenters. The monoisotopic (exact) mass is 345 g/mol. The first-order valence-corrected chi connectivity index (χ1v) is 9.81. The van der Waals surface area contributed by atoms with Gasteiger partial charge in [0.15, 0.2) is 5.54 Å². The van der Waals surface area contributed by atoms with Crippen molar-refractivity contribution >= 4 is 11.6 Å². The van der Waals surface area contributed by atoms with E-state index in [2.05, 4.69) is 12.2 Å². The number of aryl methyl sites for hydroxylation is 2. The third-order valence-corrected chi connectivity index (χ3v) is 6.56.